The summed E-state index contributed by atoms with van der Waals surface area (Å²) in [6, 6.07) is 5.77. The lowest BCUT2D eigenvalue weighted by Crippen LogP contribution is -2.48. The van der Waals surface area contributed by atoms with Gasteiger partial charge in [0.25, 0.3) is 0 Å². The van der Waals surface area contributed by atoms with Crippen molar-refractivity contribution in [1.29, 1.82) is 0 Å². The topological polar surface area (TPSA) is 75.8 Å². The molecular weight excluding hydrogens is 378 g/mol. The maximum absolute atomic E-state index is 12.5. The second-order valence-electron chi connectivity index (χ2n) is 8.68. The molecule has 7 heteroatoms. The molecule has 3 heterocycles. The zero-order valence-corrected chi connectivity index (χ0v) is 17.8. The normalized spacial score (nSPS) is 22.7. The fourth-order valence-corrected chi connectivity index (χ4v) is 4.33. The van der Waals surface area contributed by atoms with E-state index < -0.39 is 5.92 Å². The van der Waals surface area contributed by atoms with Gasteiger partial charge in [-0.05, 0) is 50.5 Å². The summed E-state index contributed by atoms with van der Waals surface area (Å²) in [5, 5.41) is 8.06. The molecule has 1 aliphatic carbocycles. The Balaban J connectivity index is 1.54. The van der Waals surface area contributed by atoms with E-state index in [9.17, 15) is 9.59 Å². The number of carbonyl (C=O) groups is 2. The molecule has 1 fully saturated rings. The molecule has 7 nitrogen and oxygen atoms in total. The molecule has 158 valence electrons. The Kier molecular flexibility index (Phi) is 5.81. The van der Waals surface area contributed by atoms with Crippen LogP contribution in [-0.2, 0) is 9.59 Å². The molecule has 0 aromatic carbocycles. The van der Waals surface area contributed by atoms with Gasteiger partial charge < -0.3 is 9.80 Å². The van der Waals surface area contributed by atoms with E-state index in [1.54, 1.807) is 11.4 Å². The van der Waals surface area contributed by atoms with E-state index in [0.29, 0.717) is 17.2 Å². The second-order valence-corrected chi connectivity index (χ2v) is 8.68. The third kappa shape index (κ3) is 4.21. The summed E-state index contributed by atoms with van der Waals surface area (Å²) in [6.45, 7) is 6.10. The van der Waals surface area contributed by atoms with Gasteiger partial charge in [-0.15, -0.1) is 5.10 Å². The Morgan fingerprint density at radius 1 is 1.20 bits per heavy atom. The summed E-state index contributed by atoms with van der Waals surface area (Å²) in [5.41, 5.74) is 1.77. The van der Waals surface area contributed by atoms with E-state index in [0.717, 1.165) is 29.5 Å². The Morgan fingerprint density at radius 3 is 2.80 bits per heavy atom. The van der Waals surface area contributed by atoms with Crippen LogP contribution in [0, 0.1) is 5.92 Å². The average molecular weight is 409 g/mol. The number of pyridine rings is 1. The van der Waals surface area contributed by atoms with Crippen molar-refractivity contribution in [2.24, 2.45) is 10.9 Å². The van der Waals surface area contributed by atoms with Crippen LogP contribution in [0.3, 0.4) is 0 Å². The van der Waals surface area contributed by atoms with Crippen LogP contribution in [-0.4, -0.2) is 64.6 Å². The molecule has 30 heavy (non-hydrogen) atoms. The molecule has 2 aromatic rings. The van der Waals surface area contributed by atoms with Gasteiger partial charge in [0, 0.05) is 19.2 Å². The highest BCUT2D eigenvalue weighted by Gasteiger charge is 2.28. The lowest BCUT2D eigenvalue weighted by molar-refractivity contribution is -0.914. The van der Waals surface area contributed by atoms with Crippen LogP contribution >= 0.6 is 0 Å². The number of rotatable bonds is 6. The van der Waals surface area contributed by atoms with Crippen LogP contribution in [0.15, 0.2) is 41.5 Å². The zero-order valence-electron chi connectivity index (χ0n) is 17.8. The minimum Gasteiger partial charge on any atom is -0.367 e. The molecule has 0 spiro atoms. The summed E-state index contributed by atoms with van der Waals surface area (Å²) >= 11 is 0. The first-order valence-electron chi connectivity index (χ1n) is 10.9. The number of aliphatic imine (C=N–C) groups is 1. The molecule has 4 rings (SSSR count). The van der Waals surface area contributed by atoms with Gasteiger partial charge in [0.15, 0.2) is 17.4 Å². The summed E-state index contributed by atoms with van der Waals surface area (Å²) in [6.07, 6.45) is 9.86. The van der Waals surface area contributed by atoms with Gasteiger partial charge in [-0.2, -0.15) is 0 Å². The predicted octanol–water partition coefficient (Wildman–Crippen LogP) is 3.18. The van der Waals surface area contributed by atoms with Crippen LogP contribution in [0.4, 0.5) is 11.5 Å². The molecule has 1 unspecified atom stereocenters. The van der Waals surface area contributed by atoms with Gasteiger partial charge in [0.2, 0.25) is 0 Å². The molecule has 0 bridgehead atoms. The summed E-state index contributed by atoms with van der Waals surface area (Å²) < 4.78 is 2.92. The molecule has 2 aliphatic rings. The van der Waals surface area contributed by atoms with Gasteiger partial charge in [0.05, 0.1) is 38.1 Å². The summed E-state index contributed by atoms with van der Waals surface area (Å²) in [4.78, 5) is 28.9. The largest absolute Gasteiger partial charge is 0.367 e. The van der Waals surface area contributed by atoms with Crippen LogP contribution in [0.1, 0.15) is 32.6 Å². The minimum absolute atomic E-state index is 0.175. The minimum atomic E-state index is -0.680. The van der Waals surface area contributed by atoms with Crippen molar-refractivity contribution < 1.29 is 14.1 Å². The third-order valence-electron chi connectivity index (χ3n) is 6.29. The number of Topliss-reactive ketones (excluding diaryl/α,β-unsaturated/α-hetero) is 1. The number of ketones is 2. The maximum Gasteiger partial charge on any atom is 0.191 e. The first-order chi connectivity index (χ1) is 14.5. The maximum atomic E-state index is 12.5. The highest BCUT2D eigenvalue weighted by Crippen LogP contribution is 2.31. The first kappa shape index (κ1) is 20.5. The number of nitrogens with zero attached hydrogens (tertiary/aromatic N) is 4. The Bertz CT molecular complexity index is 1010. The SMILES string of the molecule is CC1C(=O)C=CC(=Nc2c(NCCC[N+]3(C)CCCCC3)nn3ccccc23)C1=O. The van der Waals surface area contributed by atoms with Gasteiger partial charge in [-0.1, -0.05) is 6.07 Å². The average Bonchev–Trinajstić information content (AvgIpc) is 3.09. The van der Waals surface area contributed by atoms with Crippen LogP contribution in [0.25, 0.3) is 5.52 Å². The fraction of sp³-hybridized carbons (Fsp3) is 0.478. The van der Waals surface area contributed by atoms with Crippen molar-refractivity contribution in [3.05, 3.63) is 36.5 Å². The Hall–Kier alpha value is -2.80. The number of carbonyl (C=O) groups excluding carboxylic acids is 2. The second kappa shape index (κ2) is 8.52. The van der Waals surface area contributed by atoms with E-state index in [1.165, 1.54) is 44.5 Å². The molecule has 0 radical (unpaired) electrons. The van der Waals surface area contributed by atoms with Crippen molar-refractivity contribution >= 4 is 34.3 Å². The van der Waals surface area contributed by atoms with Crippen molar-refractivity contribution in [3.8, 4) is 0 Å². The van der Waals surface area contributed by atoms with Crippen molar-refractivity contribution in [1.82, 2.24) is 9.61 Å². The molecule has 1 aliphatic heterocycles. The van der Waals surface area contributed by atoms with Gasteiger partial charge in [0.1, 0.15) is 11.4 Å². The first-order valence-corrected chi connectivity index (χ1v) is 10.9. The van der Waals surface area contributed by atoms with E-state index in [2.05, 4.69) is 22.5 Å². The van der Waals surface area contributed by atoms with Crippen LogP contribution < -0.4 is 5.32 Å². The van der Waals surface area contributed by atoms with Gasteiger partial charge in [-0.25, -0.2) is 9.51 Å². The molecule has 0 amide bonds. The smallest absolute Gasteiger partial charge is 0.191 e. The lowest BCUT2D eigenvalue weighted by Gasteiger charge is -2.37. The third-order valence-corrected chi connectivity index (χ3v) is 6.29. The van der Waals surface area contributed by atoms with Crippen LogP contribution in [0.5, 0.6) is 0 Å². The fourth-order valence-electron chi connectivity index (χ4n) is 4.33. The number of piperidine rings is 1. The molecule has 1 atom stereocenters. The number of nitrogens with one attached hydrogen (secondary N) is 1. The lowest BCUT2D eigenvalue weighted by atomic mass is 9.92. The quantitative estimate of drug-likeness (QED) is 0.452. The number of quaternary nitrogens is 1. The number of likely N-dealkylation sites (tertiary alicyclic amines) is 1. The Morgan fingerprint density at radius 2 is 2.00 bits per heavy atom. The molecule has 1 N–H and O–H groups in total. The van der Waals surface area contributed by atoms with Crippen LogP contribution in [0.2, 0.25) is 0 Å². The zero-order chi connectivity index (χ0) is 21.1. The highest BCUT2D eigenvalue weighted by atomic mass is 16.2. The standard InChI is InChI=1S/C23H30N5O2/c1-17-20(29)11-10-18(22(17)30)25-21-19-9-4-5-13-27(19)26-23(21)24-12-8-16-28(2)14-6-3-7-15-28/h4-5,9-11,13,17H,3,6-8,12,14-16H2,1-2H3,(H,24,26)/q+1. The highest BCUT2D eigenvalue weighted by molar-refractivity contribution is 6.50. The summed E-state index contributed by atoms with van der Waals surface area (Å²) in [7, 11) is 2.35. The number of hydrogen-bond acceptors (Lipinski definition) is 5. The number of aromatic nitrogens is 2. The van der Waals surface area contributed by atoms with Gasteiger partial charge >= 0.3 is 0 Å². The molecule has 2 aromatic heterocycles. The van der Waals surface area contributed by atoms with E-state index in [1.807, 2.05) is 24.4 Å². The monoisotopic (exact) mass is 408 g/mol. The van der Waals surface area contributed by atoms with E-state index >= 15 is 0 Å². The number of fused-ring (bicyclic) bond motifs is 1. The Labute approximate surface area is 177 Å². The van der Waals surface area contributed by atoms with E-state index in [4.69, 9.17) is 0 Å². The van der Waals surface area contributed by atoms with Crippen molar-refractivity contribution in [2.75, 3.05) is 38.5 Å². The number of allylic oxidation sites excluding steroid dienone is 2. The number of hydrogen-bond donors (Lipinski definition) is 1. The molecular formula is C23H30N5O2+. The van der Waals surface area contributed by atoms with E-state index in [-0.39, 0.29) is 11.6 Å². The van der Waals surface area contributed by atoms with Crippen molar-refractivity contribution in [3.63, 3.8) is 0 Å². The molecule has 0 saturated carbocycles. The van der Waals surface area contributed by atoms with Gasteiger partial charge in [-0.3, -0.25) is 9.59 Å². The summed E-state index contributed by atoms with van der Waals surface area (Å²) in [5.74, 6) is -0.431. The molecule has 1 saturated heterocycles. The number of anilines is 1. The van der Waals surface area contributed by atoms with Crippen molar-refractivity contribution in [2.45, 2.75) is 32.6 Å². The predicted molar refractivity (Wildman–Crippen MR) is 118 cm³/mol.